The smallest absolute Gasteiger partial charge is 0.282 e. The van der Waals surface area contributed by atoms with Crippen LogP contribution in [0.25, 0.3) is 6.08 Å². The second-order valence-electron chi connectivity index (χ2n) is 6.08. The molecule has 0 atom stereocenters. The van der Waals surface area contributed by atoms with Gasteiger partial charge in [0.2, 0.25) is 0 Å². The molecule has 0 radical (unpaired) electrons. The van der Waals surface area contributed by atoms with Crippen LogP contribution in [0.4, 0.5) is 10.1 Å². The maximum Gasteiger partial charge on any atom is 0.282 e. The number of benzene rings is 3. The minimum atomic E-state index is -0.542. The van der Waals surface area contributed by atoms with Crippen molar-refractivity contribution in [1.29, 1.82) is 0 Å². The zero-order valence-electron chi connectivity index (χ0n) is 14.6. The number of amides is 2. The Kier molecular flexibility index (Phi) is 4.60. The van der Waals surface area contributed by atoms with Gasteiger partial charge in [0.05, 0.1) is 5.69 Å². The first-order valence-corrected chi connectivity index (χ1v) is 8.56. The Balaban J connectivity index is 1.63. The Hall–Kier alpha value is -3.93. The fourth-order valence-electron chi connectivity index (χ4n) is 2.79. The van der Waals surface area contributed by atoms with Gasteiger partial charge in [-0.25, -0.2) is 9.40 Å². The van der Waals surface area contributed by atoms with Crippen LogP contribution in [0.15, 0.2) is 84.4 Å². The average Bonchev–Trinajstić information content (AvgIpc) is 3.00. The summed E-state index contributed by atoms with van der Waals surface area (Å²) in [7, 11) is 0. The molecule has 0 spiro atoms. The molecule has 0 aliphatic carbocycles. The van der Waals surface area contributed by atoms with E-state index in [1.54, 1.807) is 48.5 Å². The van der Waals surface area contributed by atoms with Gasteiger partial charge < -0.3 is 4.74 Å². The van der Waals surface area contributed by atoms with Gasteiger partial charge in [-0.2, -0.15) is 0 Å². The van der Waals surface area contributed by atoms with Crippen molar-refractivity contribution in [3.05, 3.63) is 95.8 Å². The lowest BCUT2D eigenvalue weighted by molar-refractivity contribution is -0.117. The lowest BCUT2D eigenvalue weighted by Gasteiger charge is -2.13. The number of hydrogen-bond donors (Lipinski definition) is 1. The Morgan fingerprint density at radius 3 is 2.29 bits per heavy atom. The third-order valence-corrected chi connectivity index (χ3v) is 4.14. The summed E-state index contributed by atoms with van der Waals surface area (Å²) in [5.74, 6) is -1.06. The molecule has 28 heavy (non-hydrogen) atoms. The van der Waals surface area contributed by atoms with Crippen molar-refractivity contribution >= 4 is 23.6 Å². The molecule has 0 bridgehead atoms. The van der Waals surface area contributed by atoms with Gasteiger partial charge in [0.25, 0.3) is 11.8 Å². The van der Waals surface area contributed by atoms with Gasteiger partial charge in [0, 0.05) is 0 Å². The minimum Gasteiger partial charge on any atom is -0.454 e. The summed E-state index contributed by atoms with van der Waals surface area (Å²) in [4.78, 5) is 24.9. The molecule has 1 aliphatic heterocycles. The predicted molar refractivity (Wildman–Crippen MR) is 103 cm³/mol. The number of carbonyl (C=O) groups is 2. The van der Waals surface area contributed by atoms with Crippen LogP contribution < -0.4 is 15.2 Å². The van der Waals surface area contributed by atoms with Crippen LogP contribution in [0.3, 0.4) is 0 Å². The zero-order valence-corrected chi connectivity index (χ0v) is 14.6. The SMILES string of the molecule is O=C1NN(c2ccccc2)C(=O)C1=Cc1ccc(F)c(Oc2ccccc2)c1. The lowest BCUT2D eigenvalue weighted by atomic mass is 10.1. The molecule has 1 N–H and O–H groups in total. The number of nitrogens with zero attached hydrogens (tertiary/aromatic N) is 1. The first-order chi connectivity index (χ1) is 13.6. The van der Waals surface area contributed by atoms with Gasteiger partial charge in [0.15, 0.2) is 11.6 Å². The van der Waals surface area contributed by atoms with Crippen molar-refractivity contribution in [2.45, 2.75) is 0 Å². The molecule has 1 heterocycles. The Labute approximate surface area is 160 Å². The first kappa shape index (κ1) is 17.5. The van der Waals surface area contributed by atoms with E-state index in [9.17, 15) is 14.0 Å². The van der Waals surface area contributed by atoms with E-state index in [-0.39, 0.29) is 11.3 Å². The normalized spacial score (nSPS) is 15.0. The van der Waals surface area contributed by atoms with Gasteiger partial charge in [-0.05, 0) is 48.0 Å². The van der Waals surface area contributed by atoms with E-state index in [1.807, 2.05) is 12.1 Å². The summed E-state index contributed by atoms with van der Waals surface area (Å²) in [5, 5.41) is 1.18. The monoisotopic (exact) mass is 374 g/mol. The molecule has 3 aromatic carbocycles. The Morgan fingerprint density at radius 2 is 1.57 bits per heavy atom. The lowest BCUT2D eigenvalue weighted by Crippen LogP contribution is -2.35. The van der Waals surface area contributed by atoms with Gasteiger partial charge >= 0.3 is 0 Å². The largest absolute Gasteiger partial charge is 0.454 e. The van der Waals surface area contributed by atoms with Crippen molar-refractivity contribution in [2.75, 3.05) is 5.01 Å². The highest BCUT2D eigenvalue weighted by atomic mass is 19.1. The zero-order chi connectivity index (χ0) is 19.5. The van der Waals surface area contributed by atoms with E-state index in [2.05, 4.69) is 5.43 Å². The Bertz CT molecular complexity index is 1070. The number of nitrogens with one attached hydrogen (secondary N) is 1. The molecule has 2 amide bonds. The number of halogens is 1. The molecule has 1 saturated heterocycles. The van der Waals surface area contributed by atoms with E-state index in [1.165, 1.54) is 29.3 Å². The summed E-state index contributed by atoms with van der Waals surface area (Å²) < 4.78 is 19.7. The average molecular weight is 374 g/mol. The first-order valence-electron chi connectivity index (χ1n) is 8.56. The van der Waals surface area contributed by atoms with E-state index >= 15 is 0 Å². The molecular weight excluding hydrogens is 359 g/mol. The topological polar surface area (TPSA) is 58.6 Å². The van der Waals surface area contributed by atoms with E-state index in [0.717, 1.165) is 0 Å². The third kappa shape index (κ3) is 3.48. The predicted octanol–water partition coefficient (Wildman–Crippen LogP) is 4.08. The highest BCUT2D eigenvalue weighted by Gasteiger charge is 2.34. The Morgan fingerprint density at radius 1 is 0.893 bits per heavy atom. The van der Waals surface area contributed by atoms with Crippen LogP contribution >= 0.6 is 0 Å². The standard InChI is InChI=1S/C22H15FN2O3/c23-19-12-11-15(14-20(19)28-17-9-5-2-6-10-17)13-18-21(26)24-25(22(18)27)16-7-3-1-4-8-16/h1-14H,(H,24,26). The van der Waals surface area contributed by atoms with Gasteiger partial charge in [0.1, 0.15) is 11.3 Å². The molecule has 1 aliphatic rings. The number of ether oxygens (including phenoxy) is 1. The maximum absolute atomic E-state index is 14.1. The fourth-order valence-corrected chi connectivity index (χ4v) is 2.79. The number of para-hydroxylation sites is 2. The van der Waals surface area contributed by atoms with Crippen LogP contribution in [-0.2, 0) is 9.59 Å². The maximum atomic E-state index is 14.1. The summed E-state index contributed by atoms with van der Waals surface area (Å²) >= 11 is 0. The summed E-state index contributed by atoms with van der Waals surface area (Å²) in [6, 6.07) is 21.7. The van der Waals surface area contributed by atoms with Crippen LogP contribution in [0.2, 0.25) is 0 Å². The molecule has 0 saturated carbocycles. The molecule has 0 unspecified atom stereocenters. The molecule has 6 heteroatoms. The summed E-state index contributed by atoms with van der Waals surface area (Å²) in [6.45, 7) is 0. The molecule has 0 aromatic heterocycles. The molecule has 1 fully saturated rings. The number of anilines is 1. The van der Waals surface area contributed by atoms with Crippen molar-refractivity contribution in [3.8, 4) is 11.5 Å². The molecule has 138 valence electrons. The van der Waals surface area contributed by atoms with Crippen molar-refractivity contribution in [2.24, 2.45) is 0 Å². The molecule has 3 aromatic rings. The number of hydrazine groups is 1. The number of hydrogen-bond acceptors (Lipinski definition) is 3. The molecule has 4 rings (SSSR count). The number of rotatable bonds is 4. The summed E-state index contributed by atoms with van der Waals surface area (Å²) in [5.41, 5.74) is 3.51. The summed E-state index contributed by atoms with van der Waals surface area (Å²) in [6.07, 6.45) is 1.41. The second-order valence-corrected chi connectivity index (χ2v) is 6.08. The van der Waals surface area contributed by atoms with Gasteiger partial charge in [-0.1, -0.05) is 42.5 Å². The fraction of sp³-hybridized carbons (Fsp3) is 0. The van der Waals surface area contributed by atoms with Crippen LogP contribution in [0, 0.1) is 5.82 Å². The minimum absolute atomic E-state index is 0.00585. The van der Waals surface area contributed by atoms with Crippen molar-refractivity contribution < 1.29 is 18.7 Å². The van der Waals surface area contributed by atoms with Crippen LogP contribution in [-0.4, -0.2) is 11.8 Å². The highest BCUT2D eigenvalue weighted by Crippen LogP contribution is 2.27. The quantitative estimate of drug-likeness (QED) is 0.553. The van der Waals surface area contributed by atoms with E-state index < -0.39 is 17.6 Å². The highest BCUT2D eigenvalue weighted by molar-refractivity contribution is 6.31. The van der Waals surface area contributed by atoms with Crippen LogP contribution in [0.5, 0.6) is 11.5 Å². The van der Waals surface area contributed by atoms with Crippen molar-refractivity contribution in [1.82, 2.24) is 5.43 Å². The number of carbonyl (C=O) groups excluding carboxylic acids is 2. The van der Waals surface area contributed by atoms with E-state index in [4.69, 9.17) is 4.74 Å². The van der Waals surface area contributed by atoms with Crippen LogP contribution in [0.1, 0.15) is 5.56 Å². The van der Waals surface area contributed by atoms with Gasteiger partial charge in [-0.15, -0.1) is 0 Å². The second kappa shape index (κ2) is 7.36. The van der Waals surface area contributed by atoms with Crippen molar-refractivity contribution in [3.63, 3.8) is 0 Å². The molecular formula is C22H15FN2O3. The molecule has 5 nitrogen and oxygen atoms in total. The third-order valence-electron chi connectivity index (χ3n) is 4.14. The van der Waals surface area contributed by atoms with E-state index in [0.29, 0.717) is 17.0 Å². The van der Waals surface area contributed by atoms with Gasteiger partial charge in [-0.3, -0.25) is 15.0 Å².